The van der Waals surface area contributed by atoms with Gasteiger partial charge in [-0.3, -0.25) is 9.69 Å². The van der Waals surface area contributed by atoms with Crippen LogP contribution < -0.4 is 11.1 Å². The summed E-state index contributed by atoms with van der Waals surface area (Å²) < 4.78 is 5.41. The van der Waals surface area contributed by atoms with Gasteiger partial charge in [0.05, 0.1) is 5.41 Å². The number of piperidine rings is 1. The van der Waals surface area contributed by atoms with E-state index in [0.29, 0.717) is 25.8 Å². The third kappa shape index (κ3) is 4.40. The predicted octanol–water partition coefficient (Wildman–Crippen LogP) is 1.91. The number of hydrogen-bond acceptors (Lipinski definition) is 4. The van der Waals surface area contributed by atoms with Crippen LogP contribution in [0.15, 0.2) is 30.3 Å². The Morgan fingerprint density at radius 3 is 2.68 bits per heavy atom. The number of rotatable bonds is 5. The number of ether oxygens (including phenoxy) is 1. The van der Waals surface area contributed by atoms with Crippen molar-refractivity contribution in [3.8, 4) is 0 Å². The van der Waals surface area contributed by atoms with Crippen LogP contribution in [-0.4, -0.2) is 49.2 Å². The highest BCUT2D eigenvalue weighted by atomic mass is 16.5. The summed E-state index contributed by atoms with van der Waals surface area (Å²) in [4.78, 5) is 15.3. The van der Waals surface area contributed by atoms with Crippen molar-refractivity contribution in [1.29, 1.82) is 0 Å². The Balaban J connectivity index is 1.53. The summed E-state index contributed by atoms with van der Waals surface area (Å²) >= 11 is 0. The first-order chi connectivity index (χ1) is 12.1. The van der Waals surface area contributed by atoms with Crippen LogP contribution in [0.3, 0.4) is 0 Å². The summed E-state index contributed by atoms with van der Waals surface area (Å²) in [7, 11) is 0. The van der Waals surface area contributed by atoms with Crippen molar-refractivity contribution in [3.63, 3.8) is 0 Å². The molecule has 2 aliphatic heterocycles. The zero-order valence-corrected chi connectivity index (χ0v) is 15.2. The van der Waals surface area contributed by atoms with Crippen LogP contribution in [0.5, 0.6) is 0 Å². The molecule has 138 valence electrons. The SMILES string of the molecule is CC1CC(NC(=O)C2(CN)CCOCC2)CCN1Cc1ccccc1. The van der Waals surface area contributed by atoms with E-state index in [1.165, 1.54) is 5.56 Å². The summed E-state index contributed by atoms with van der Waals surface area (Å²) in [6.45, 7) is 5.93. The molecule has 2 heterocycles. The fourth-order valence-corrected chi connectivity index (χ4v) is 4.03. The van der Waals surface area contributed by atoms with Crippen LogP contribution >= 0.6 is 0 Å². The Bertz CT molecular complexity index is 557. The predicted molar refractivity (Wildman–Crippen MR) is 99.0 cm³/mol. The van der Waals surface area contributed by atoms with Gasteiger partial charge >= 0.3 is 0 Å². The highest BCUT2D eigenvalue weighted by Crippen LogP contribution is 2.30. The molecule has 0 spiro atoms. The molecule has 2 saturated heterocycles. The molecule has 1 aromatic rings. The Hall–Kier alpha value is -1.43. The van der Waals surface area contributed by atoms with E-state index in [2.05, 4.69) is 47.5 Å². The number of carbonyl (C=O) groups is 1. The molecular formula is C20H31N3O2. The number of nitrogens with two attached hydrogens (primary N) is 1. The van der Waals surface area contributed by atoms with Crippen LogP contribution in [0.4, 0.5) is 0 Å². The minimum Gasteiger partial charge on any atom is -0.381 e. The van der Waals surface area contributed by atoms with Crippen molar-refractivity contribution in [2.45, 2.75) is 51.2 Å². The molecule has 25 heavy (non-hydrogen) atoms. The molecule has 5 heteroatoms. The van der Waals surface area contributed by atoms with Gasteiger partial charge in [0, 0.05) is 44.9 Å². The summed E-state index contributed by atoms with van der Waals surface area (Å²) in [5.74, 6) is 0.131. The molecule has 2 fully saturated rings. The topological polar surface area (TPSA) is 67.6 Å². The monoisotopic (exact) mass is 345 g/mol. The molecule has 1 aromatic carbocycles. The lowest BCUT2D eigenvalue weighted by Crippen LogP contribution is -2.55. The van der Waals surface area contributed by atoms with Gasteiger partial charge < -0.3 is 15.8 Å². The Morgan fingerprint density at radius 2 is 2.04 bits per heavy atom. The smallest absolute Gasteiger partial charge is 0.227 e. The van der Waals surface area contributed by atoms with Gasteiger partial charge in [0.25, 0.3) is 0 Å². The number of nitrogens with one attached hydrogen (secondary N) is 1. The van der Waals surface area contributed by atoms with Crippen LogP contribution in [-0.2, 0) is 16.1 Å². The van der Waals surface area contributed by atoms with Gasteiger partial charge in [0.15, 0.2) is 0 Å². The van der Waals surface area contributed by atoms with E-state index in [1.807, 2.05) is 0 Å². The first-order valence-electron chi connectivity index (χ1n) is 9.50. The quantitative estimate of drug-likeness (QED) is 0.855. The number of carbonyl (C=O) groups excluding carboxylic acids is 1. The molecule has 3 N–H and O–H groups in total. The Kier molecular flexibility index (Phi) is 6.10. The number of likely N-dealkylation sites (tertiary alicyclic amines) is 1. The highest BCUT2D eigenvalue weighted by Gasteiger charge is 2.40. The third-order valence-electron chi connectivity index (χ3n) is 5.90. The van der Waals surface area contributed by atoms with E-state index in [4.69, 9.17) is 10.5 Å². The molecular weight excluding hydrogens is 314 g/mol. The summed E-state index contributed by atoms with van der Waals surface area (Å²) in [5.41, 5.74) is 6.88. The average Bonchev–Trinajstić information content (AvgIpc) is 2.65. The highest BCUT2D eigenvalue weighted by molar-refractivity contribution is 5.83. The minimum atomic E-state index is -0.428. The molecule has 2 unspecified atom stereocenters. The number of hydrogen-bond donors (Lipinski definition) is 2. The number of amides is 1. The molecule has 0 radical (unpaired) electrons. The second-order valence-corrected chi connectivity index (χ2v) is 7.60. The van der Waals surface area contributed by atoms with Crippen molar-refractivity contribution in [2.75, 3.05) is 26.3 Å². The van der Waals surface area contributed by atoms with E-state index < -0.39 is 5.41 Å². The Labute approximate surface area is 150 Å². The van der Waals surface area contributed by atoms with Gasteiger partial charge in [0.2, 0.25) is 5.91 Å². The number of nitrogens with zero attached hydrogens (tertiary/aromatic N) is 1. The van der Waals surface area contributed by atoms with E-state index in [0.717, 1.165) is 38.8 Å². The fraction of sp³-hybridized carbons (Fsp3) is 0.650. The maximum absolute atomic E-state index is 12.8. The molecule has 0 saturated carbocycles. The first kappa shape index (κ1) is 18.4. The van der Waals surface area contributed by atoms with Gasteiger partial charge in [0.1, 0.15) is 0 Å². The third-order valence-corrected chi connectivity index (χ3v) is 5.90. The van der Waals surface area contributed by atoms with Crippen molar-refractivity contribution < 1.29 is 9.53 Å². The van der Waals surface area contributed by atoms with E-state index in [-0.39, 0.29) is 11.9 Å². The van der Waals surface area contributed by atoms with E-state index in [9.17, 15) is 4.79 Å². The summed E-state index contributed by atoms with van der Waals surface area (Å²) in [5, 5.41) is 3.29. The van der Waals surface area contributed by atoms with Gasteiger partial charge in [-0.2, -0.15) is 0 Å². The Morgan fingerprint density at radius 1 is 1.32 bits per heavy atom. The van der Waals surface area contributed by atoms with Crippen molar-refractivity contribution in [2.24, 2.45) is 11.1 Å². The normalized spacial score (nSPS) is 27.0. The molecule has 1 amide bonds. The lowest BCUT2D eigenvalue weighted by atomic mass is 9.79. The lowest BCUT2D eigenvalue weighted by Gasteiger charge is -2.40. The maximum atomic E-state index is 12.8. The number of benzene rings is 1. The molecule has 0 bridgehead atoms. The fourth-order valence-electron chi connectivity index (χ4n) is 4.03. The second-order valence-electron chi connectivity index (χ2n) is 7.60. The molecule has 0 aliphatic carbocycles. The second kappa shape index (κ2) is 8.30. The summed E-state index contributed by atoms with van der Waals surface area (Å²) in [6, 6.07) is 11.3. The van der Waals surface area contributed by atoms with Crippen molar-refractivity contribution in [3.05, 3.63) is 35.9 Å². The summed E-state index contributed by atoms with van der Waals surface area (Å²) in [6.07, 6.45) is 3.46. The zero-order chi connectivity index (χ0) is 17.7. The minimum absolute atomic E-state index is 0.131. The molecule has 0 aromatic heterocycles. The zero-order valence-electron chi connectivity index (χ0n) is 15.2. The van der Waals surface area contributed by atoms with Gasteiger partial charge in [-0.05, 0) is 38.2 Å². The average molecular weight is 345 g/mol. The van der Waals surface area contributed by atoms with Crippen LogP contribution in [0, 0.1) is 5.41 Å². The molecule has 5 nitrogen and oxygen atoms in total. The van der Waals surface area contributed by atoms with Crippen LogP contribution in [0.2, 0.25) is 0 Å². The molecule has 2 atom stereocenters. The van der Waals surface area contributed by atoms with E-state index >= 15 is 0 Å². The maximum Gasteiger partial charge on any atom is 0.227 e. The van der Waals surface area contributed by atoms with Gasteiger partial charge in [-0.15, -0.1) is 0 Å². The van der Waals surface area contributed by atoms with E-state index in [1.54, 1.807) is 0 Å². The lowest BCUT2D eigenvalue weighted by molar-refractivity contribution is -0.137. The molecule has 3 rings (SSSR count). The standard InChI is InChI=1S/C20H31N3O2/c1-16-13-18(7-10-23(16)14-17-5-3-2-4-6-17)22-19(24)20(15-21)8-11-25-12-9-20/h2-6,16,18H,7-15,21H2,1H3,(H,22,24). The van der Waals surface area contributed by atoms with Crippen LogP contribution in [0.25, 0.3) is 0 Å². The van der Waals surface area contributed by atoms with Gasteiger partial charge in [-0.25, -0.2) is 0 Å². The van der Waals surface area contributed by atoms with Crippen LogP contribution in [0.1, 0.15) is 38.2 Å². The van der Waals surface area contributed by atoms with Gasteiger partial charge in [-0.1, -0.05) is 30.3 Å². The first-order valence-corrected chi connectivity index (χ1v) is 9.50. The van der Waals surface area contributed by atoms with Crippen molar-refractivity contribution in [1.82, 2.24) is 10.2 Å². The largest absolute Gasteiger partial charge is 0.381 e. The van der Waals surface area contributed by atoms with Crippen molar-refractivity contribution >= 4 is 5.91 Å². The molecule has 2 aliphatic rings.